The first-order valence-corrected chi connectivity index (χ1v) is 15.2. The zero-order valence-corrected chi connectivity index (χ0v) is 25.5. The van der Waals surface area contributed by atoms with Crippen LogP contribution in [0.25, 0.3) is 16.6 Å². The summed E-state index contributed by atoms with van der Waals surface area (Å²) in [5.74, 6) is 0.335. The Kier molecular flexibility index (Phi) is 9.33. The van der Waals surface area contributed by atoms with Gasteiger partial charge in [-0.2, -0.15) is 0 Å². The number of halogens is 2. The van der Waals surface area contributed by atoms with E-state index in [-0.39, 0.29) is 18.2 Å². The highest BCUT2D eigenvalue weighted by molar-refractivity contribution is 6.35. The van der Waals surface area contributed by atoms with Gasteiger partial charge in [-0.1, -0.05) is 25.4 Å². The number of rotatable bonds is 10. The maximum absolute atomic E-state index is 14.4. The van der Waals surface area contributed by atoms with E-state index in [0.29, 0.717) is 47.4 Å². The summed E-state index contributed by atoms with van der Waals surface area (Å²) in [4.78, 5) is 22.0. The molecule has 9 heteroatoms. The van der Waals surface area contributed by atoms with Crippen LogP contribution in [-0.4, -0.2) is 77.0 Å². The van der Waals surface area contributed by atoms with Crippen molar-refractivity contribution >= 4 is 28.4 Å². The van der Waals surface area contributed by atoms with E-state index < -0.39 is 5.82 Å². The van der Waals surface area contributed by atoms with Crippen LogP contribution in [0.15, 0.2) is 36.8 Å². The van der Waals surface area contributed by atoms with Gasteiger partial charge < -0.3 is 18.9 Å². The second-order valence-electron chi connectivity index (χ2n) is 12.1. The minimum atomic E-state index is -0.445. The van der Waals surface area contributed by atoms with Crippen molar-refractivity contribution in [2.24, 2.45) is 11.8 Å². The molecule has 3 aromatic rings. The fraction of sp³-hybridized carbons (Fsp3) is 0.562. The molecule has 0 spiro atoms. The number of pyridine rings is 1. The number of amides is 1. The first kappa shape index (κ1) is 30.0. The lowest BCUT2D eigenvalue weighted by atomic mass is 9.96. The van der Waals surface area contributed by atoms with E-state index in [0.717, 1.165) is 55.2 Å². The van der Waals surface area contributed by atoms with Gasteiger partial charge in [-0.25, -0.2) is 4.39 Å². The number of nitrogens with zero attached hydrogens (tertiary/aromatic N) is 4. The summed E-state index contributed by atoms with van der Waals surface area (Å²) in [6.07, 6.45) is 9.38. The SMILES string of the molecule is CC(C)[C@H](CCC1OCCO1)N1CC[C@@H](Cc2cn(-c3ccc(F)cc3C(=O)N(C)C(C)C)c3cncc(Cl)c23)C1. The number of carbonyl (C=O) groups excluding carboxylic acids is 1. The Morgan fingerprint density at radius 3 is 2.66 bits per heavy atom. The molecule has 0 saturated carbocycles. The van der Waals surface area contributed by atoms with E-state index in [4.69, 9.17) is 21.1 Å². The van der Waals surface area contributed by atoms with Gasteiger partial charge in [-0.3, -0.25) is 14.7 Å². The summed E-state index contributed by atoms with van der Waals surface area (Å²) >= 11 is 6.75. The molecule has 2 atom stereocenters. The number of hydrogen-bond donors (Lipinski definition) is 0. The Morgan fingerprint density at radius 1 is 1.20 bits per heavy atom. The molecule has 1 aromatic carbocycles. The molecule has 0 radical (unpaired) electrons. The van der Waals surface area contributed by atoms with Gasteiger partial charge in [-0.05, 0) is 81.7 Å². The summed E-state index contributed by atoms with van der Waals surface area (Å²) in [5, 5.41) is 1.52. The molecule has 0 unspecified atom stereocenters. The van der Waals surface area contributed by atoms with Crippen LogP contribution in [0.5, 0.6) is 0 Å². The summed E-state index contributed by atoms with van der Waals surface area (Å²) in [6.45, 7) is 11.9. The molecule has 2 aliphatic heterocycles. The van der Waals surface area contributed by atoms with Crippen LogP contribution < -0.4 is 0 Å². The maximum atomic E-state index is 14.4. The summed E-state index contributed by atoms with van der Waals surface area (Å²) in [7, 11) is 1.74. The van der Waals surface area contributed by atoms with Crippen LogP contribution in [-0.2, 0) is 15.9 Å². The number of ether oxygens (including phenoxy) is 2. The highest BCUT2D eigenvalue weighted by Crippen LogP contribution is 2.35. The number of fused-ring (bicyclic) bond motifs is 1. The molecule has 4 heterocycles. The van der Waals surface area contributed by atoms with E-state index >= 15 is 0 Å². The van der Waals surface area contributed by atoms with Gasteiger partial charge in [-0.15, -0.1) is 0 Å². The second kappa shape index (κ2) is 12.8. The Hall–Kier alpha value is -2.52. The number of carbonyl (C=O) groups is 1. The molecular weight excluding hydrogens is 543 g/mol. The monoisotopic (exact) mass is 584 g/mol. The van der Waals surface area contributed by atoms with Crippen LogP contribution in [0, 0.1) is 17.7 Å². The number of likely N-dealkylation sites (tertiary alicyclic amines) is 1. The van der Waals surface area contributed by atoms with E-state index in [2.05, 4.69) is 29.9 Å². The Balaban J connectivity index is 1.41. The average Bonchev–Trinajstić information content (AvgIpc) is 3.70. The highest BCUT2D eigenvalue weighted by atomic mass is 35.5. The zero-order chi connectivity index (χ0) is 29.3. The largest absolute Gasteiger partial charge is 0.350 e. The normalized spacial score (nSPS) is 19.2. The van der Waals surface area contributed by atoms with Crippen molar-refractivity contribution in [3.8, 4) is 5.69 Å². The molecule has 0 N–H and O–H groups in total. The molecule has 41 heavy (non-hydrogen) atoms. The molecule has 1 amide bonds. The molecule has 2 aliphatic rings. The molecule has 0 bridgehead atoms. The highest BCUT2D eigenvalue weighted by Gasteiger charge is 2.32. The molecule has 2 aromatic heterocycles. The van der Waals surface area contributed by atoms with E-state index in [1.54, 1.807) is 30.4 Å². The minimum Gasteiger partial charge on any atom is -0.350 e. The third-order valence-corrected chi connectivity index (χ3v) is 9.03. The minimum absolute atomic E-state index is 0.0233. The van der Waals surface area contributed by atoms with Crippen LogP contribution in [0.1, 0.15) is 62.9 Å². The van der Waals surface area contributed by atoms with E-state index in [9.17, 15) is 9.18 Å². The summed E-state index contributed by atoms with van der Waals surface area (Å²) < 4.78 is 27.7. The Morgan fingerprint density at radius 2 is 1.95 bits per heavy atom. The Labute approximate surface area is 247 Å². The molecule has 222 valence electrons. The van der Waals surface area contributed by atoms with Crippen molar-refractivity contribution < 1.29 is 18.7 Å². The lowest BCUT2D eigenvalue weighted by Crippen LogP contribution is -2.38. The number of hydrogen-bond acceptors (Lipinski definition) is 5. The molecule has 2 saturated heterocycles. The third-order valence-electron chi connectivity index (χ3n) is 8.74. The summed E-state index contributed by atoms with van der Waals surface area (Å²) in [5.41, 5.74) is 2.86. The van der Waals surface area contributed by atoms with Crippen LogP contribution in [0.4, 0.5) is 4.39 Å². The quantitative estimate of drug-likeness (QED) is 0.278. The molecule has 2 fully saturated rings. The van der Waals surface area contributed by atoms with Gasteiger partial charge >= 0.3 is 0 Å². The van der Waals surface area contributed by atoms with Gasteiger partial charge in [0.25, 0.3) is 5.91 Å². The second-order valence-corrected chi connectivity index (χ2v) is 12.5. The van der Waals surface area contributed by atoms with E-state index in [1.165, 1.54) is 12.1 Å². The van der Waals surface area contributed by atoms with Crippen molar-refractivity contribution in [1.82, 2.24) is 19.4 Å². The standard InChI is InChI=1S/C32H42ClFN4O3/c1-20(2)27(8-9-30-40-12-13-41-30)37-11-10-22(18-37)14-23-19-38(29-17-35-16-26(33)31(23)29)28-7-6-24(34)15-25(28)32(39)36(5)21(3)4/h6-7,15-17,19-22,27,30H,8-14,18H2,1-5H3/t22-,27-/m0/s1. The number of aromatic nitrogens is 2. The van der Waals surface area contributed by atoms with Gasteiger partial charge in [0.05, 0.1) is 41.2 Å². The van der Waals surface area contributed by atoms with Crippen molar-refractivity contribution in [2.75, 3.05) is 33.4 Å². The Bertz CT molecular complexity index is 1370. The van der Waals surface area contributed by atoms with Crippen molar-refractivity contribution in [1.29, 1.82) is 0 Å². The van der Waals surface area contributed by atoms with Crippen LogP contribution >= 0.6 is 11.6 Å². The van der Waals surface area contributed by atoms with Gasteiger partial charge in [0.1, 0.15) is 5.82 Å². The predicted molar refractivity (Wildman–Crippen MR) is 160 cm³/mol. The third kappa shape index (κ3) is 6.46. The average molecular weight is 585 g/mol. The van der Waals surface area contributed by atoms with Crippen LogP contribution in [0.3, 0.4) is 0 Å². The molecule has 7 nitrogen and oxygen atoms in total. The summed E-state index contributed by atoms with van der Waals surface area (Å²) in [6, 6.07) is 4.84. The van der Waals surface area contributed by atoms with Crippen molar-refractivity contribution in [3.05, 3.63) is 58.8 Å². The number of benzene rings is 1. The smallest absolute Gasteiger partial charge is 0.256 e. The first-order valence-electron chi connectivity index (χ1n) is 14.8. The topological polar surface area (TPSA) is 59.8 Å². The van der Waals surface area contributed by atoms with E-state index in [1.807, 2.05) is 18.4 Å². The predicted octanol–water partition coefficient (Wildman–Crippen LogP) is 6.34. The lowest BCUT2D eigenvalue weighted by Gasteiger charge is -2.32. The van der Waals surface area contributed by atoms with Crippen molar-refractivity contribution in [2.45, 2.75) is 71.8 Å². The van der Waals surface area contributed by atoms with Gasteiger partial charge in [0.15, 0.2) is 6.29 Å². The van der Waals surface area contributed by atoms with Crippen LogP contribution in [0.2, 0.25) is 5.02 Å². The first-order chi connectivity index (χ1) is 19.6. The fourth-order valence-corrected chi connectivity index (χ4v) is 6.62. The van der Waals surface area contributed by atoms with Gasteiger partial charge in [0, 0.05) is 43.5 Å². The zero-order valence-electron chi connectivity index (χ0n) is 24.8. The maximum Gasteiger partial charge on any atom is 0.256 e. The fourth-order valence-electron chi connectivity index (χ4n) is 6.34. The molecule has 0 aliphatic carbocycles. The lowest BCUT2D eigenvalue weighted by molar-refractivity contribution is -0.0527. The molecule has 5 rings (SSSR count). The van der Waals surface area contributed by atoms with Crippen molar-refractivity contribution in [3.63, 3.8) is 0 Å². The van der Waals surface area contributed by atoms with Gasteiger partial charge in [0.2, 0.25) is 0 Å². The molecular formula is C32H42ClFN4O3.